The molecule has 4 aliphatic carbocycles. The van der Waals surface area contributed by atoms with Gasteiger partial charge < -0.3 is 10.6 Å². The van der Waals surface area contributed by atoms with Gasteiger partial charge in [0.1, 0.15) is 5.82 Å². The molecule has 0 heterocycles. The molecule has 3 nitrogen and oxygen atoms in total. The minimum absolute atomic E-state index is 0.0207. The van der Waals surface area contributed by atoms with Crippen LogP contribution in [0.15, 0.2) is 24.3 Å². The first-order valence-electron chi connectivity index (χ1n) is 8.94. The van der Waals surface area contributed by atoms with Gasteiger partial charge in [-0.3, -0.25) is 4.79 Å². The van der Waals surface area contributed by atoms with Crippen LogP contribution in [0.5, 0.6) is 0 Å². The van der Waals surface area contributed by atoms with Crippen LogP contribution in [0, 0.1) is 23.6 Å². The SMILES string of the molecule is C[C@H]([NH2+]C12CC3CC(CC(C3)C1)C2)C(=O)Nc1ccc(F)cc1. The van der Waals surface area contributed by atoms with E-state index in [1.807, 2.05) is 6.92 Å². The first kappa shape index (κ1) is 15.1. The maximum atomic E-state index is 13.0. The summed E-state index contributed by atoms with van der Waals surface area (Å²) in [5.41, 5.74) is 0.969. The standard InChI is InChI=1S/C19H25FN2O/c1-12(18(23)21-17-4-2-16(20)3-5-17)22-19-9-13-6-14(10-19)8-15(7-13)11-19/h2-5,12-15,22H,6-11H2,1H3,(H,21,23)/p+1/t12-,13?,14?,15?,19?/m0/s1. The summed E-state index contributed by atoms with van der Waals surface area (Å²) < 4.78 is 13.0. The molecule has 0 spiro atoms. The fourth-order valence-corrected chi connectivity index (χ4v) is 5.78. The van der Waals surface area contributed by atoms with Crippen molar-refractivity contribution in [1.82, 2.24) is 0 Å². The second kappa shape index (κ2) is 5.59. The van der Waals surface area contributed by atoms with Crippen LogP contribution < -0.4 is 10.6 Å². The molecule has 5 rings (SSSR count). The molecule has 124 valence electrons. The molecule has 3 N–H and O–H groups in total. The number of amides is 1. The first-order chi connectivity index (χ1) is 11.0. The molecule has 1 atom stereocenters. The molecule has 4 saturated carbocycles. The number of quaternary nitrogens is 1. The Labute approximate surface area is 137 Å². The van der Waals surface area contributed by atoms with Gasteiger partial charge >= 0.3 is 0 Å². The summed E-state index contributed by atoms with van der Waals surface area (Å²) in [5.74, 6) is 2.42. The van der Waals surface area contributed by atoms with Crippen LogP contribution in [0.3, 0.4) is 0 Å². The van der Waals surface area contributed by atoms with E-state index in [9.17, 15) is 9.18 Å². The molecule has 1 aromatic rings. The number of nitrogens with two attached hydrogens (primary N) is 1. The fourth-order valence-electron chi connectivity index (χ4n) is 5.78. The number of hydrogen-bond acceptors (Lipinski definition) is 1. The van der Waals surface area contributed by atoms with Crippen LogP contribution >= 0.6 is 0 Å². The Morgan fingerprint density at radius 2 is 1.65 bits per heavy atom. The van der Waals surface area contributed by atoms with E-state index in [1.165, 1.54) is 50.7 Å². The number of rotatable bonds is 4. The van der Waals surface area contributed by atoms with Crippen molar-refractivity contribution in [3.8, 4) is 0 Å². The van der Waals surface area contributed by atoms with Crippen molar-refractivity contribution in [1.29, 1.82) is 0 Å². The number of anilines is 1. The second-order valence-electron chi connectivity index (χ2n) is 8.23. The maximum Gasteiger partial charge on any atom is 0.282 e. The van der Waals surface area contributed by atoms with E-state index in [0.717, 1.165) is 17.8 Å². The lowest BCUT2D eigenvalue weighted by molar-refractivity contribution is -0.754. The van der Waals surface area contributed by atoms with Gasteiger partial charge in [-0.2, -0.15) is 0 Å². The largest absolute Gasteiger partial charge is 0.331 e. The lowest BCUT2D eigenvalue weighted by Crippen LogP contribution is -3.03. The average Bonchev–Trinajstić information content (AvgIpc) is 2.47. The number of nitrogens with one attached hydrogen (secondary N) is 1. The van der Waals surface area contributed by atoms with Crippen molar-refractivity contribution in [3.05, 3.63) is 30.1 Å². The van der Waals surface area contributed by atoms with Gasteiger partial charge in [0.2, 0.25) is 0 Å². The topological polar surface area (TPSA) is 45.7 Å². The molecule has 23 heavy (non-hydrogen) atoms. The highest BCUT2D eigenvalue weighted by Crippen LogP contribution is 2.54. The first-order valence-corrected chi connectivity index (χ1v) is 8.94. The normalized spacial score (nSPS) is 36.0. The van der Waals surface area contributed by atoms with Gasteiger partial charge in [0.25, 0.3) is 5.91 Å². The van der Waals surface area contributed by atoms with Gasteiger partial charge in [0, 0.05) is 24.9 Å². The van der Waals surface area contributed by atoms with E-state index in [-0.39, 0.29) is 17.8 Å². The summed E-state index contributed by atoms with van der Waals surface area (Å²) in [6, 6.07) is 5.89. The Kier molecular flexibility index (Phi) is 3.67. The van der Waals surface area contributed by atoms with Crippen LogP contribution in [0.1, 0.15) is 45.4 Å². The molecule has 4 aliphatic rings. The lowest BCUT2D eigenvalue weighted by Gasteiger charge is -2.55. The van der Waals surface area contributed by atoms with E-state index in [0.29, 0.717) is 11.2 Å². The fraction of sp³-hybridized carbons (Fsp3) is 0.632. The van der Waals surface area contributed by atoms with Crippen LogP contribution in [0.4, 0.5) is 10.1 Å². The number of hydrogen-bond donors (Lipinski definition) is 2. The van der Waals surface area contributed by atoms with Crippen molar-refractivity contribution in [2.75, 3.05) is 5.32 Å². The van der Waals surface area contributed by atoms with Crippen LogP contribution in [-0.2, 0) is 4.79 Å². The Bertz CT molecular complexity index is 563. The third-order valence-electron chi connectivity index (χ3n) is 6.21. The monoisotopic (exact) mass is 317 g/mol. The summed E-state index contributed by atoms with van der Waals surface area (Å²) in [6.07, 6.45) is 8.11. The van der Waals surface area contributed by atoms with Crippen molar-refractivity contribution in [2.45, 2.75) is 57.0 Å². The number of benzene rings is 1. The van der Waals surface area contributed by atoms with Crippen molar-refractivity contribution in [3.63, 3.8) is 0 Å². The van der Waals surface area contributed by atoms with E-state index < -0.39 is 0 Å². The predicted molar refractivity (Wildman–Crippen MR) is 87.3 cm³/mol. The Morgan fingerprint density at radius 1 is 1.13 bits per heavy atom. The van der Waals surface area contributed by atoms with Crippen LogP contribution in [0.2, 0.25) is 0 Å². The van der Waals surface area contributed by atoms with Crippen molar-refractivity contribution < 1.29 is 14.5 Å². The molecular formula is C19H26FN2O+. The van der Waals surface area contributed by atoms with Gasteiger partial charge in [0.05, 0.1) is 5.54 Å². The van der Waals surface area contributed by atoms with E-state index in [1.54, 1.807) is 12.1 Å². The molecule has 0 saturated heterocycles. The Morgan fingerprint density at radius 3 is 2.17 bits per heavy atom. The van der Waals surface area contributed by atoms with E-state index in [2.05, 4.69) is 10.6 Å². The third kappa shape index (κ3) is 3.01. The molecule has 0 radical (unpaired) electrons. The predicted octanol–water partition coefficient (Wildman–Crippen LogP) is 2.68. The summed E-state index contributed by atoms with van der Waals surface area (Å²) >= 11 is 0. The summed E-state index contributed by atoms with van der Waals surface area (Å²) in [5, 5.41) is 5.26. The Balaban J connectivity index is 1.40. The maximum absolute atomic E-state index is 13.0. The average molecular weight is 317 g/mol. The van der Waals surface area contributed by atoms with Crippen LogP contribution in [0.25, 0.3) is 0 Å². The Hall–Kier alpha value is -1.42. The molecule has 0 unspecified atom stereocenters. The van der Waals surface area contributed by atoms with E-state index >= 15 is 0 Å². The number of halogens is 1. The molecule has 0 aliphatic heterocycles. The molecule has 4 heteroatoms. The zero-order chi connectivity index (χ0) is 16.0. The highest BCUT2D eigenvalue weighted by molar-refractivity contribution is 5.93. The smallest absolute Gasteiger partial charge is 0.282 e. The quantitative estimate of drug-likeness (QED) is 0.881. The van der Waals surface area contributed by atoms with Gasteiger partial charge in [-0.1, -0.05) is 0 Å². The molecular weight excluding hydrogens is 291 g/mol. The zero-order valence-corrected chi connectivity index (χ0v) is 13.7. The van der Waals surface area contributed by atoms with E-state index in [4.69, 9.17) is 0 Å². The zero-order valence-electron chi connectivity index (χ0n) is 13.7. The minimum Gasteiger partial charge on any atom is -0.331 e. The van der Waals surface area contributed by atoms with Gasteiger partial charge in [-0.05, 0) is 68.2 Å². The number of carbonyl (C=O) groups excluding carboxylic acids is 1. The number of carbonyl (C=O) groups is 1. The van der Waals surface area contributed by atoms with Gasteiger partial charge in [-0.15, -0.1) is 0 Å². The summed E-state index contributed by atoms with van der Waals surface area (Å²) in [7, 11) is 0. The highest BCUT2D eigenvalue weighted by atomic mass is 19.1. The summed E-state index contributed by atoms with van der Waals surface area (Å²) in [4.78, 5) is 12.5. The molecule has 0 aromatic heterocycles. The van der Waals surface area contributed by atoms with Gasteiger partial charge in [0.15, 0.2) is 6.04 Å². The molecule has 1 amide bonds. The third-order valence-corrected chi connectivity index (χ3v) is 6.21. The summed E-state index contributed by atoms with van der Waals surface area (Å²) in [6.45, 7) is 2.00. The second-order valence-corrected chi connectivity index (χ2v) is 8.23. The highest BCUT2D eigenvalue weighted by Gasteiger charge is 2.54. The van der Waals surface area contributed by atoms with Crippen molar-refractivity contribution >= 4 is 11.6 Å². The molecule has 1 aromatic carbocycles. The van der Waals surface area contributed by atoms with Crippen molar-refractivity contribution in [2.24, 2.45) is 17.8 Å². The lowest BCUT2D eigenvalue weighted by atomic mass is 9.53. The molecule has 4 fully saturated rings. The van der Waals surface area contributed by atoms with Gasteiger partial charge in [-0.25, -0.2) is 4.39 Å². The minimum atomic E-state index is -0.281. The van der Waals surface area contributed by atoms with Crippen LogP contribution in [-0.4, -0.2) is 17.5 Å². The molecule has 4 bridgehead atoms.